The number of carbonyl (C=O) groups excluding carboxylic acids is 2. The van der Waals surface area contributed by atoms with Gasteiger partial charge in [-0.2, -0.15) is 0 Å². The highest BCUT2D eigenvalue weighted by molar-refractivity contribution is 5.90. The van der Waals surface area contributed by atoms with Gasteiger partial charge in [0.05, 0.1) is 11.1 Å². The second-order valence-electron chi connectivity index (χ2n) is 6.50. The Hall–Kier alpha value is -2.96. The zero-order valence-corrected chi connectivity index (χ0v) is 14.4. The molecule has 138 valence electrons. The van der Waals surface area contributed by atoms with Crippen molar-refractivity contribution in [3.8, 4) is 0 Å². The number of rotatable bonds is 5. The van der Waals surface area contributed by atoms with Crippen molar-refractivity contribution in [2.45, 2.75) is 23.9 Å². The van der Waals surface area contributed by atoms with E-state index in [1.165, 1.54) is 0 Å². The lowest BCUT2D eigenvalue weighted by Crippen LogP contribution is -2.48. The van der Waals surface area contributed by atoms with Crippen molar-refractivity contribution in [2.75, 3.05) is 6.61 Å². The summed E-state index contributed by atoms with van der Waals surface area (Å²) in [6, 6.07) is 17.1. The monoisotopic (exact) mass is 366 g/mol. The summed E-state index contributed by atoms with van der Waals surface area (Å²) < 4.78 is 16.3. The molecule has 0 amide bonds. The van der Waals surface area contributed by atoms with Crippen LogP contribution in [0.15, 0.2) is 72.8 Å². The van der Waals surface area contributed by atoms with E-state index in [4.69, 9.17) is 14.2 Å². The zero-order valence-electron chi connectivity index (χ0n) is 14.4. The van der Waals surface area contributed by atoms with Crippen molar-refractivity contribution < 1.29 is 28.9 Å². The minimum atomic E-state index is -1.14. The Bertz CT molecular complexity index is 863. The van der Waals surface area contributed by atoms with E-state index < -0.39 is 29.7 Å². The number of aliphatic hydroxyl groups excluding tert-OH is 1. The van der Waals surface area contributed by atoms with Gasteiger partial charge in [0.25, 0.3) is 0 Å². The Morgan fingerprint density at radius 1 is 0.926 bits per heavy atom. The van der Waals surface area contributed by atoms with Gasteiger partial charge in [-0.15, -0.1) is 0 Å². The number of fused-ring (bicyclic) bond motifs is 1. The van der Waals surface area contributed by atoms with Crippen LogP contribution in [0.3, 0.4) is 0 Å². The predicted molar refractivity (Wildman–Crippen MR) is 95.1 cm³/mol. The standard InChI is InChI=1S/C21H18O6/c22-18-16(26-20(24)15-9-5-2-6-10-15)11-12-17-21(18,27-17)13-25-19(23)14-7-3-1-4-8-14/h1-12,16-18,22H,13H2/t16-,17-,18-,21-/m0/s1. The topological polar surface area (TPSA) is 85.4 Å². The van der Waals surface area contributed by atoms with E-state index >= 15 is 0 Å². The molecule has 2 aromatic carbocycles. The summed E-state index contributed by atoms with van der Waals surface area (Å²) in [6.45, 7) is -0.129. The van der Waals surface area contributed by atoms with E-state index in [0.29, 0.717) is 11.1 Å². The lowest BCUT2D eigenvalue weighted by molar-refractivity contribution is -0.0486. The van der Waals surface area contributed by atoms with Crippen molar-refractivity contribution in [3.05, 3.63) is 83.9 Å². The van der Waals surface area contributed by atoms with Crippen LogP contribution in [-0.2, 0) is 14.2 Å². The molecule has 1 fully saturated rings. The molecule has 27 heavy (non-hydrogen) atoms. The molecule has 0 spiro atoms. The maximum Gasteiger partial charge on any atom is 0.338 e. The molecule has 4 atom stereocenters. The first-order valence-electron chi connectivity index (χ1n) is 8.62. The number of epoxide rings is 1. The summed E-state index contributed by atoms with van der Waals surface area (Å²) >= 11 is 0. The highest BCUT2D eigenvalue weighted by Crippen LogP contribution is 2.46. The summed E-state index contributed by atoms with van der Waals surface area (Å²) in [4.78, 5) is 24.4. The van der Waals surface area contributed by atoms with Crippen LogP contribution in [0.25, 0.3) is 0 Å². The van der Waals surface area contributed by atoms with Gasteiger partial charge in [0, 0.05) is 0 Å². The first kappa shape index (κ1) is 17.5. The van der Waals surface area contributed by atoms with Gasteiger partial charge in [-0.05, 0) is 30.3 Å². The average Bonchev–Trinajstić information content (AvgIpc) is 3.45. The molecular formula is C21H18O6. The molecule has 2 aliphatic rings. The summed E-state index contributed by atoms with van der Waals surface area (Å²) in [5.41, 5.74) is -0.277. The van der Waals surface area contributed by atoms with E-state index in [2.05, 4.69) is 0 Å². The lowest BCUT2D eigenvalue weighted by atomic mass is 9.89. The molecule has 4 rings (SSSR count). The maximum atomic E-state index is 12.2. The van der Waals surface area contributed by atoms with E-state index in [9.17, 15) is 14.7 Å². The Morgan fingerprint density at radius 2 is 1.52 bits per heavy atom. The molecule has 0 aromatic heterocycles. The summed E-state index contributed by atoms with van der Waals surface area (Å²) in [5, 5.41) is 10.7. The van der Waals surface area contributed by atoms with Gasteiger partial charge in [0.2, 0.25) is 0 Å². The molecule has 6 nitrogen and oxygen atoms in total. The molecule has 1 aliphatic heterocycles. The van der Waals surface area contributed by atoms with Crippen LogP contribution < -0.4 is 0 Å². The number of ether oxygens (including phenoxy) is 3. The van der Waals surface area contributed by atoms with Crippen molar-refractivity contribution in [1.82, 2.24) is 0 Å². The Kier molecular flexibility index (Phi) is 4.51. The zero-order chi connectivity index (χ0) is 18.9. The van der Waals surface area contributed by atoms with E-state index in [0.717, 1.165) is 0 Å². The van der Waals surface area contributed by atoms with Crippen molar-refractivity contribution in [2.24, 2.45) is 0 Å². The first-order chi connectivity index (χ1) is 13.1. The third-order valence-corrected chi connectivity index (χ3v) is 4.75. The van der Waals surface area contributed by atoms with Crippen LogP contribution in [0, 0.1) is 0 Å². The van der Waals surface area contributed by atoms with Gasteiger partial charge in [-0.3, -0.25) is 0 Å². The summed E-state index contributed by atoms with van der Waals surface area (Å²) in [6.07, 6.45) is 0.922. The molecule has 0 bridgehead atoms. The number of benzene rings is 2. The molecule has 1 heterocycles. The fraction of sp³-hybridized carbons (Fsp3) is 0.238. The molecule has 0 unspecified atom stereocenters. The van der Waals surface area contributed by atoms with Gasteiger partial charge in [-0.25, -0.2) is 9.59 Å². The second kappa shape index (κ2) is 6.98. The van der Waals surface area contributed by atoms with Gasteiger partial charge in [-0.1, -0.05) is 42.5 Å². The number of hydrogen-bond acceptors (Lipinski definition) is 6. The van der Waals surface area contributed by atoms with Gasteiger partial charge >= 0.3 is 11.9 Å². The van der Waals surface area contributed by atoms with E-state index in [1.807, 2.05) is 0 Å². The third-order valence-electron chi connectivity index (χ3n) is 4.75. The van der Waals surface area contributed by atoms with E-state index in [-0.39, 0.29) is 12.7 Å². The molecule has 0 radical (unpaired) electrons. The van der Waals surface area contributed by atoms with Crippen LogP contribution >= 0.6 is 0 Å². The maximum absolute atomic E-state index is 12.2. The van der Waals surface area contributed by atoms with Crippen molar-refractivity contribution in [3.63, 3.8) is 0 Å². The van der Waals surface area contributed by atoms with E-state index in [1.54, 1.807) is 72.8 Å². The lowest BCUT2D eigenvalue weighted by Gasteiger charge is -2.28. The highest BCUT2D eigenvalue weighted by atomic mass is 16.7. The molecule has 1 aliphatic carbocycles. The number of aliphatic hydroxyl groups is 1. The van der Waals surface area contributed by atoms with Gasteiger partial charge in [0.15, 0.2) is 5.60 Å². The molecule has 2 aromatic rings. The van der Waals surface area contributed by atoms with Gasteiger partial charge < -0.3 is 19.3 Å². The fourth-order valence-corrected chi connectivity index (χ4v) is 3.14. The van der Waals surface area contributed by atoms with Crippen molar-refractivity contribution >= 4 is 11.9 Å². The Balaban J connectivity index is 1.41. The van der Waals surface area contributed by atoms with Gasteiger partial charge in [0.1, 0.15) is 24.9 Å². The van der Waals surface area contributed by atoms with Crippen LogP contribution in [0.1, 0.15) is 20.7 Å². The molecule has 1 saturated heterocycles. The Morgan fingerprint density at radius 3 is 2.15 bits per heavy atom. The van der Waals surface area contributed by atoms with Crippen LogP contribution in [0.4, 0.5) is 0 Å². The minimum absolute atomic E-state index is 0.129. The predicted octanol–water partition coefficient (Wildman–Crippen LogP) is 2.14. The average molecular weight is 366 g/mol. The smallest absolute Gasteiger partial charge is 0.338 e. The van der Waals surface area contributed by atoms with Crippen LogP contribution in [-0.4, -0.2) is 47.6 Å². The Labute approximate surface area is 156 Å². The molecular weight excluding hydrogens is 348 g/mol. The minimum Gasteiger partial charge on any atom is -0.459 e. The number of hydrogen-bond donors (Lipinski definition) is 1. The summed E-state index contributed by atoms with van der Waals surface area (Å²) in [7, 11) is 0. The SMILES string of the molecule is O=C(OC[C@]12O[C@H]1C=C[C@H](OC(=O)c1ccccc1)[C@@H]2O)c1ccccc1. The van der Waals surface area contributed by atoms with Crippen molar-refractivity contribution in [1.29, 1.82) is 0 Å². The molecule has 1 N–H and O–H groups in total. The van der Waals surface area contributed by atoms with Crippen LogP contribution in [0.2, 0.25) is 0 Å². The quantitative estimate of drug-likeness (QED) is 0.496. The summed E-state index contributed by atoms with van der Waals surface area (Å²) in [5.74, 6) is -1.04. The number of esters is 2. The second-order valence-corrected chi connectivity index (χ2v) is 6.50. The fourth-order valence-electron chi connectivity index (χ4n) is 3.14. The highest BCUT2D eigenvalue weighted by Gasteiger charge is 2.65. The largest absolute Gasteiger partial charge is 0.459 e. The number of carbonyl (C=O) groups is 2. The first-order valence-corrected chi connectivity index (χ1v) is 8.62. The molecule has 6 heteroatoms. The van der Waals surface area contributed by atoms with Crippen LogP contribution in [0.5, 0.6) is 0 Å². The normalized spacial score (nSPS) is 28.1. The molecule has 0 saturated carbocycles. The third kappa shape index (κ3) is 3.37.